The Morgan fingerprint density at radius 1 is 0.685 bits per heavy atom. The maximum Gasteiger partial charge on any atom is 0.472 e. The first kappa shape index (κ1) is 50.5. The van der Waals surface area contributed by atoms with Crippen LogP contribution in [0.3, 0.4) is 0 Å². The molecule has 10 heteroatoms. The fourth-order valence-electron chi connectivity index (χ4n) is 6.11. The van der Waals surface area contributed by atoms with Gasteiger partial charge in [-0.1, -0.05) is 122 Å². The van der Waals surface area contributed by atoms with Crippen LogP contribution in [0, 0.1) is 0 Å². The maximum absolute atomic E-state index is 12.7. The standard InChI is InChI=1S/C44H82NO8P/c1-6-8-10-12-14-15-16-17-18-19-20-21-22-23-28-32-37-49-39-41(40-51-54(47,48)50-38-36-45(3,4)5)52-44(46)35-31-27-24-26-30-34-43-42(53-43)33-29-25-13-11-9-7-2/h15-16,25,29,32,37,41-43H,6-14,17-24,26-28,30-31,33-36,38-40H2,1-5H3/p+1/b16-15-,29-25-,37-32+/t41-,42?,43?/m1/s1. The van der Waals surface area contributed by atoms with Crippen molar-refractivity contribution < 1.29 is 42.0 Å². The number of hydrogen-bond acceptors (Lipinski definition) is 7. The molecule has 0 amide bonds. The Bertz CT molecular complexity index is 1030. The Morgan fingerprint density at radius 2 is 1.22 bits per heavy atom. The van der Waals surface area contributed by atoms with E-state index in [0.717, 1.165) is 57.8 Å². The molecule has 0 aromatic heterocycles. The average Bonchev–Trinajstić information content (AvgIpc) is 3.88. The lowest BCUT2D eigenvalue weighted by molar-refractivity contribution is -0.870. The predicted octanol–water partition coefficient (Wildman–Crippen LogP) is 11.9. The van der Waals surface area contributed by atoms with E-state index in [1.165, 1.54) is 96.3 Å². The highest BCUT2D eigenvalue weighted by atomic mass is 31.2. The predicted molar refractivity (Wildman–Crippen MR) is 223 cm³/mol. The van der Waals surface area contributed by atoms with E-state index in [1.807, 2.05) is 27.2 Å². The fourth-order valence-corrected chi connectivity index (χ4v) is 6.85. The molecule has 0 aliphatic carbocycles. The summed E-state index contributed by atoms with van der Waals surface area (Å²) in [4.78, 5) is 22.9. The van der Waals surface area contributed by atoms with Crippen LogP contribution in [0.5, 0.6) is 0 Å². The summed E-state index contributed by atoms with van der Waals surface area (Å²) in [6.45, 7) is 4.85. The molecule has 1 N–H and O–H groups in total. The zero-order chi connectivity index (χ0) is 39.6. The molecule has 1 aliphatic rings. The highest BCUT2D eigenvalue weighted by molar-refractivity contribution is 7.47. The van der Waals surface area contributed by atoms with Crippen LogP contribution in [0.1, 0.15) is 174 Å². The van der Waals surface area contributed by atoms with Gasteiger partial charge in [0.25, 0.3) is 0 Å². The third kappa shape index (κ3) is 33.8. The normalized spacial score (nSPS) is 17.8. The first-order chi connectivity index (χ1) is 26.1. The molecule has 4 atom stereocenters. The van der Waals surface area contributed by atoms with Crippen LogP contribution in [-0.4, -0.2) is 81.2 Å². The van der Waals surface area contributed by atoms with E-state index in [1.54, 1.807) is 6.26 Å². The van der Waals surface area contributed by atoms with Gasteiger partial charge in [-0.05, 0) is 76.7 Å². The number of carbonyl (C=O) groups is 1. The van der Waals surface area contributed by atoms with Crippen molar-refractivity contribution in [1.82, 2.24) is 0 Å². The summed E-state index contributed by atoms with van der Waals surface area (Å²) in [5.74, 6) is -0.356. The summed E-state index contributed by atoms with van der Waals surface area (Å²) in [7, 11) is 1.61. The molecular formula is C44H83NO8P+. The number of hydrogen-bond donors (Lipinski definition) is 1. The average molecular weight is 785 g/mol. The lowest BCUT2D eigenvalue weighted by Crippen LogP contribution is -2.37. The second kappa shape index (κ2) is 33.6. The number of rotatable bonds is 39. The number of epoxide rings is 1. The number of unbranched alkanes of at least 4 members (excludes halogenated alkanes) is 18. The van der Waals surface area contributed by atoms with E-state index in [-0.39, 0.29) is 32.2 Å². The summed E-state index contributed by atoms with van der Waals surface area (Å²) in [5, 5.41) is 0. The summed E-state index contributed by atoms with van der Waals surface area (Å²) < 4.78 is 40.6. The van der Waals surface area contributed by atoms with Gasteiger partial charge < -0.3 is 23.6 Å². The molecule has 0 bridgehead atoms. The maximum atomic E-state index is 12.7. The quantitative estimate of drug-likeness (QED) is 0.0125. The van der Waals surface area contributed by atoms with Crippen molar-refractivity contribution in [1.29, 1.82) is 0 Å². The van der Waals surface area contributed by atoms with E-state index >= 15 is 0 Å². The summed E-state index contributed by atoms with van der Waals surface area (Å²) in [6, 6.07) is 0. The molecule has 1 rings (SSSR count). The van der Waals surface area contributed by atoms with Crippen molar-refractivity contribution in [2.24, 2.45) is 0 Å². The lowest BCUT2D eigenvalue weighted by atomic mass is 10.1. The van der Waals surface area contributed by atoms with Gasteiger partial charge in [-0.15, -0.1) is 0 Å². The SMILES string of the molecule is CCCCC/C=C\CC1OC1CCCCCCCC(=O)O[C@H](CO/C=C/CCCCCCCC/C=C\CCCCCC)COP(=O)(O)OCC[N+](C)(C)C. The molecule has 3 unspecified atom stereocenters. The second-order valence-electron chi connectivity index (χ2n) is 16.2. The van der Waals surface area contributed by atoms with Crippen LogP contribution in [0.4, 0.5) is 0 Å². The number of nitrogens with zero attached hydrogens (tertiary/aromatic N) is 1. The molecular weight excluding hydrogens is 701 g/mol. The monoisotopic (exact) mass is 785 g/mol. The third-order valence-corrected chi connectivity index (χ3v) is 10.6. The van der Waals surface area contributed by atoms with E-state index < -0.39 is 13.9 Å². The van der Waals surface area contributed by atoms with Gasteiger partial charge in [0.2, 0.25) is 0 Å². The van der Waals surface area contributed by atoms with Crippen molar-refractivity contribution in [3.05, 3.63) is 36.6 Å². The van der Waals surface area contributed by atoms with Crippen molar-refractivity contribution in [2.45, 2.75) is 193 Å². The molecule has 0 aromatic rings. The smallest absolute Gasteiger partial charge is 0.472 e. The van der Waals surface area contributed by atoms with Crippen molar-refractivity contribution in [2.75, 3.05) is 47.5 Å². The first-order valence-corrected chi connectivity index (χ1v) is 23.4. The molecule has 1 heterocycles. The molecule has 0 aromatic carbocycles. The van der Waals surface area contributed by atoms with Gasteiger partial charge in [0.1, 0.15) is 19.8 Å². The van der Waals surface area contributed by atoms with E-state index in [9.17, 15) is 14.3 Å². The highest BCUT2D eigenvalue weighted by Gasteiger charge is 2.36. The molecule has 0 radical (unpaired) electrons. The number of likely N-dealkylation sites (N-methyl/N-ethyl adjacent to an activating group) is 1. The molecule has 0 saturated carbocycles. The number of phosphoric acid groups is 1. The minimum atomic E-state index is -4.30. The number of carbonyl (C=O) groups excluding carboxylic acids is 1. The summed E-state index contributed by atoms with van der Waals surface area (Å²) in [5.41, 5.74) is 0. The van der Waals surface area contributed by atoms with Crippen LogP contribution in [0.15, 0.2) is 36.6 Å². The summed E-state index contributed by atoms with van der Waals surface area (Å²) >= 11 is 0. The van der Waals surface area contributed by atoms with Gasteiger partial charge in [-0.25, -0.2) is 4.57 Å². The molecule has 9 nitrogen and oxygen atoms in total. The minimum absolute atomic E-state index is 0.0349. The highest BCUT2D eigenvalue weighted by Crippen LogP contribution is 2.43. The van der Waals surface area contributed by atoms with Crippen LogP contribution in [-0.2, 0) is 32.6 Å². The second-order valence-corrected chi connectivity index (χ2v) is 17.6. The molecule has 54 heavy (non-hydrogen) atoms. The topological polar surface area (TPSA) is 104 Å². The van der Waals surface area contributed by atoms with Gasteiger partial charge >= 0.3 is 13.8 Å². The summed E-state index contributed by atoms with van der Waals surface area (Å²) in [6.07, 6.45) is 41.4. The number of ether oxygens (including phenoxy) is 3. The zero-order valence-electron chi connectivity index (χ0n) is 35.4. The van der Waals surface area contributed by atoms with Crippen molar-refractivity contribution in [3.63, 3.8) is 0 Å². The van der Waals surface area contributed by atoms with Gasteiger partial charge in [0.15, 0.2) is 6.10 Å². The van der Waals surface area contributed by atoms with Crippen molar-refractivity contribution in [3.8, 4) is 0 Å². The van der Waals surface area contributed by atoms with Gasteiger partial charge in [-0.3, -0.25) is 13.8 Å². The number of allylic oxidation sites excluding steroid dienone is 4. The Hall–Kier alpha value is -1.48. The van der Waals surface area contributed by atoms with E-state index in [2.05, 4.69) is 38.2 Å². The Labute approximate surface area is 331 Å². The Balaban J connectivity index is 2.26. The largest absolute Gasteiger partial charge is 0.498 e. The van der Waals surface area contributed by atoms with Gasteiger partial charge in [0.05, 0.1) is 46.2 Å². The Kier molecular flexibility index (Phi) is 31.5. The van der Waals surface area contributed by atoms with E-state index in [4.69, 9.17) is 23.3 Å². The van der Waals surface area contributed by atoms with Crippen LogP contribution < -0.4 is 0 Å². The lowest BCUT2D eigenvalue weighted by Gasteiger charge is -2.24. The molecule has 0 spiro atoms. The van der Waals surface area contributed by atoms with Crippen LogP contribution in [0.2, 0.25) is 0 Å². The zero-order valence-corrected chi connectivity index (χ0v) is 36.3. The molecule has 1 fully saturated rings. The molecule has 1 saturated heterocycles. The minimum Gasteiger partial charge on any atom is -0.498 e. The van der Waals surface area contributed by atoms with E-state index in [0.29, 0.717) is 23.2 Å². The first-order valence-electron chi connectivity index (χ1n) is 21.9. The number of esters is 1. The van der Waals surface area contributed by atoms with Gasteiger partial charge in [-0.2, -0.15) is 0 Å². The van der Waals surface area contributed by atoms with Crippen LogP contribution in [0.25, 0.3) is 0 Å². The number of phosphoric ester groups is 1. The third-order valence-electron chi connectivity index (χ3n) is 9.66. The van der Waals surface area contributed by atoms with Gasteiger partial charge in [0, 0.05) is 6.42 Å². The molecule has 316 valence electrons. The fraction of sp³-hybridized carbons (Fsp3) is 0.841. The molecule has 1 aliphatic heterocycles. The number of quaternary nitrogens is 1. The Morgan fingerprint density at radius 3 is 1.87 bits per heavy atom. The van der Waals surface area contributed by atoms with Crippen LogP contribution >= 0.6 is 7.82 Å². The van der Waals surface area contributed by atoms with Crippen molar-refractivity contribution >= 4 is 13.8 Å².